The molecule has 1 amide bonds. The summed E-state index contributed by atoms with van der Waals surface area (Å²) in [6, 6.07) is 15.1. The fourth-order valence-corrected chi connectivity index (χ4v) is 4.80. The average molecular weight is 552 g/mol. The van der Waals surface area contributed by atoms with Crippen molar-refractivity contribution in [3.8, 4) is 11.8 Å². The van der Waals surface area contributed by atoms with Gasteiger partial charge in [-0.05, 0) is 47.7 Å². The molecule has 1 aliphatic heterocycles. The summed E-state index contributed by atoms with van der Waals surface area (Å²) < 4.78 is 56.9. The Morgan fingerprint density at radius 1 is 1.15 bits per heavy atom. The van der Waals surface area contributed by atoms with E-state index >= 15 is 0 Å². The van der Waals surface area contributed by atoms with Crippen molar-refractivity contribution in [2.24, 2.45) is 0 Å². The van der Waals surface area contributed by atoms with Crippen LogP contribution in [0.2, 0.25) is 0 Å². The molecule has 0 aliphatic carbocycles. The summed E-state index contributed by atoms with van der Waals surface area (Å²) in [4.78, 5) is 35.4. The van der Waals surface area contributed by atoms with E-state index < -0.39 is 18.0 Å². The van der Waals surface area contributed by atoms with Crippen LogP contribution in [-0.4, -0.2) is 52.6 Å². The van der Waals surface area contributed by atoms with Gasteiger partial charge < -0.3 is 14.6 Å². The minimum atomic E-state index is -5.14. The molecule has 1 unspecified atom stereocenters. The Bertz CT molecular complexity index is 1610. The van der Waals surface area contributed by atoms with E-state index in [-0.39, 0.29) is 36.4 Å². The maximum Gasteiger partial charge on any atom is 0.491 e. The van der Waals surface area contributed by atoms with Gasteiger partial charge in [0.1, 0.15) is 17.6 Å². The van der Waals surface area contributed by atoms with Crippen LogP contribution < -0.4 is 9.64 Å². The lowest BCUT2D eigenvalue weighted by molar-refractivity contribution is -0.189. The zero-order valence-electron chi connectivity index (χ0n) is 20.8. The lowest BCUT2D eigenvalue weighted by Crippen LogP contribution is -2.52. The van der Waals surface area contributed by atoms with E-state index in [1.807, 2.05) is 4.90 Å². The molecule has 3 aromatic carbocycles. The Morgan fingerprint density at radius 2 is 1.98 bits per heavy atom. The molecule has 4 aromatic rings. The first-order valence-electron chi connectivity index (χ1n) is 12.2. The highest BCUT2D eigenvalue weighted by molar-refractivity contribution is 6.05. The third-order valence-electron chi connectivity index (χ3n) is 6.72. The molecule has 0 spiro atoms. The van der Waals surface area contributed by atoms with Crippen molar-refractivity contribution >= 4 is 28.3 Å². The monoisotopic (exact) mass is 551 g/mol. The second-order valence-electron chi connectivity index (χ2n) is 9.22. The highest BCUT2D eigenvalue weighted by Crippen LogP contribution is 2.33. The van der Waals surface area contributed by atoms with Crippen LogP contribution in [0.25, 0.3) is 10.8 Å². The van der Waals surface area contributed by atoms with Gasteiger partial charge in [0, 0.05) is 24.7 Å². The zero-order chi connectivity index (χ0) is 28.4. The first kappa shape index (κ1) is 26.8. The minimum absolute atomic E-state index is 0.00157. The van der Waals surface area contributed by atoms with Crippen LogP contribution in [0.1, 0.15) is 22.9 Å². The quantitative estimate of drug-likeness (QED) is 0.212. The molecule has 1 N–H and O–H groups in total. The van der Waals surface area contributed by atoms with E-state index in [1.165, 1.54) is 36.7 Å². The van der Waals surface area contributed by atoms with E-state index in [4.69, 9.17) is 5.26 Å². The van der Waals surface area contributed by atoms with Gasteiger partial charge in [0.25, 0.3) is 0 Å². The number of amides is 1. The normalized spacial score (nSPS) is 15.2. The summed E-state index contributed by atoms with van der Waals surface area (Å²) in [5.74, 6) is -3.50. The number of piperazine rings is 1. The number of nitrogens with zero attached hydrogens (tertiary/aromatic N) is 4. The number of nitrogens with one attached hydrogen (secondary N) is 1. The van der Waals surface area contributed by atoms with Crippen molar-refractivity contribution < 1.29 is 31.9 Å². The number of anilines is 1. The molecule has 0 saturated carbocycles. The van der Waals surface area contributed by atoms with Gasteiger partial charge in [-0.3, -0.25) is 9.69 Å². The number of benzene rings is 3. The van der Waals surface area contributed by atoms with Crippen LogP contribution in [0.4, 0.5) is 23.2 Å². The predicted octanol–water partition coefficient (Wildman–Crippen LogP) is 4.67. The van der Waals surface area contributed by atoms with Gasteiger partial charge in [-0.1, -0.05) is 24.3 Å². The van der Waals surface area contributed by atoms with Crippen LogP contribution in [-0.2, 0) is 16.0 Å². The molecule has 1 fully saturated rings. The SMILES string of the molecule is N#Cc1ccc(CC(c2cnc[nH]2)N2CCN(c3cccc4ccc(OC(=O)C(F)(F)F)cc34)C(=O)C2)cc1F. The number of hydrogen-bond donors (Lipinski definition) is 1. The van der Waals surface area contributed by atoms with E-state index in [0.717, 1.165) is 5.69 Å². The van der Waals surface area contributed by atoms with Gasteiger partial charge in [0.05, 0.1) is 35.9 Å². The van der Waals surface area contributed by atoms with Crippen LogP contribution in [0.3, 0.4) is 0 Å². The number of aromatic amines is 1. The van der Waals surface area contributed by atoms with E-state index in [9.17, 15) is 27.2 Å². The Morgan fingerprint density at radius 3 is 2.65 bits per heavy atom. The number of halogens is 4. The number of fused-ring (bicyclic) bond motifs is 1. The molecular formula is C28H21F4N5O3. The number of nitriles is 1. The number of rotatable bonds is 6. The topological polar surface area (TPSA) is 102 Å². The number of hydrogen-bond acceptors (Lipinski definition) is 6. The van der Waals surface area contributed by atoms with E-state index in [0.29, 0.717) is 35.0 Å². The van der Waals surface area contributed by atoms with Crippen molar-refractivity contribution in [3.63, 3.8) is 0 Å². The summed E-state index contributed by atoms with van der Waals surface area (Å²) in [7, 11) is 0. The van der Waals surface area contributed by atoms with Crippen molar-refractivity contribution in [2.45, 2.75) is 18.6 Å². The standard InChI is InChI=1S/C28H21F4N5O3/c29-22-10-17(4-5-19(22)13-33)11-25(23-14-34-16-35-23)36-8-9-37(26(38)15-36)24-3-1-2-18-6-7-20(12-21(18)24)40-27(39)28(30,31)32/h1-7,10,12,14,16,25H,8-9,11,15H2,(H,34,35). The molecule has 0 radical (unpaired) electrons. The van der Waals surface area contributed by atoms with Gasteiger partial charge in [-0.15, -0.1) is 0 Å². The first-order chi connectivity index (χ1) is 19.1. The largest absolute Gasteiger partial charge is 0.491 e. The molecule has 40 heavy (non-hydrogen) atoms. The number of H-pyrrole nitrogens is 1. The number of aromatic nitrogens is 2. The van der Waals surface area contributed by atoms with Crippen LogP contribution in [0, 0.1) is 17.1 Å². The molecule has 8 nitrogen and oxygen atoms in total. The molecular weight excluding hydrogens is 530 g/mol. The highest BCUT2D eigenvalue weighted by Gasteiger charge is 2.41. The highest BCUT2D eigenvalue weighted by atomic mass is 19.4. The molecule has 1 saturated heterocycles. The third-order valence-corrected chi connectivity index (χ3v) is 6.72. The maximum atomic E-state index is 14.3. The maximum absolute atomic E-state index is 14.3. The van der Waals surface area contributed by atoms with Crippen molar-refractivity contribution in [1.29, 1.82) is 5.26 Å². The number of ether oxygens (including phenoxy) is 1. The number of imidazole rings is 1. The summed E-state index contributed by atoms with van der Waals surface area (Å²) >= 11 is 0. The van der Waals surface area contributed by atoms with E-state index in [2.05, 4.69) is 14.7 Å². The zero-order valence-corrected chi connectivity index (χ0v) is 20.8. The number of esters is 1. The smallest absolute Gasteiger partial charge is 0.420 e. The molecule has 1 aromatic heterocycles. The number of carbonyl (C=O) groups excluding carboxylic acids is 2. The molecule has 204 valence electrons. The Kier molecular flexibility index (Phi) is 7.23. The number of carbonyl (C=O) groups is 2. The lowest BCUT2D eigenvalue weighted by Gasteiger charge is -2.39. The molecule has 1 atom stereocenters. The summed E-state index contributed by atoms with van der Waals surface area (Å²) in [6.07, 6.45) is -1.65. The molecule has 0 bridgehead atoms. The molecule has 5 rings (SSSR count). The van der Waals surface area contributed by atoms with Crippen LogP contribution in [0.15, 0.2) is 67.1 Å². The predicted molar refractivity (Wildman–Crippen MR) is 136 cm³/mol. The van der Waals surface area contributed by atoms with Crippen molar-refractivity contribution in [1.82, 2.24) is 14.9 Å². The summed E-state index contributed by atoms with van der Waals surface area (Å²) in [6.45, 7) is 0.686. The van der Waals surface area contributed by atoms with Gasteiger partial charge in [0.2, 0.25) is 5.91 Å². The lowest BCUT2D eigenvalue weighted by atomic mass is 9.99. The molecule has 1 aliphatic rings. The fraction of sp³-hybridized carbons (Fsp3) is 0.214. The third kappa shape index (κ3) is 5.50. The Labute approximate surface area is 225 Å². The van der Waals surface area contributed by atoms with Crippen molar-refractivity contribution in [2.75, 3.05) is 24.5 Å². The van der Waals surface area contributed by atoms with Crippen LogP contribution >= 0.6 is 0 Å². The fourth-order valence-electron chi connectivity index (χ4n) is 4.80. The summed E-state index contributed by atoms with van der Waals surface area (Å²) in [5, 5.41) is 10.1. The second kappa shape index (κ2) is 10.8. The first-order valence-corrected chi connectivity index (χ1v) is 12.2. The van der Waals surface area contributed by atoms with Gasteiger partial charge in [-0.2, -0.15) is 18.4 Å². The Hall–Kier alpha value is -4.76. The van der Waals surface area contributed by atoms with Gasteiger partial charge >= 0.3 is 12.1 Å². The van der Waals surface area contributed by atoms with Gasteiger partial charge in [-0.25, -0.2) is 14.2 Å². The minimum Gasteiger partial charge on any atom is -0.420 e. The molecule has 12 heteroatoms. The number of alkyl halides is 3. The van der Waals surface area contributed by atoms with Crippen LogP contribution in [0.5, 0.6) is 5.75 Å². The average Bonchev–Trinajstić information content (AvgIpc) is 3.46. The summed E-state index contributed by atoms with van der Waals surface area (Å²) in [5.41, 5.74) is 1.78. The van der Waals surface area contributed by atoms with E-state index in [1.54, 1.807) is 41.4 Å². The van der Waals surface area contributed by atoms with Crippen molar-refractivity contribution in [3.05, 3.63) is 89.8 Å². The van der Waals surface area contributed by atoms with Gasteiger partial charge in [0.15, 0.2) is 0 Å². The molecule has 2 heterocycles. The Balaban J connectivity index is 1.39. The second-order valence-corrected chi connectivity index (χ2v) is 9.22.